The van der Waals surface area contributed by atoms with Crippen LogP contribution in [0.1, 0.15) is 41.9 Å². The fraction of sp³-hybridized carbons (Fsp3) is 0.692. The van der Waals surface area contributed by atoms with Crippen LogP contribution in [-0.2, 0) is 13.0 Å². The molecule has 1 unspecified atom stereocenters. The van der Waals surface area contributed by atoms with E-state index in [1.165, 1.54) is 0 Å². The third-order valence-electron chi connectivity index (χ3n) is 4.89. The lowest BCUT2D eigenvalue weighted by Gasteiger charge is -2.36. The van der Waals surface area contributed by atoms with E-state index in [2.05, 4.69) is 26.3 Å². The summed E-state index contributed by atoms with van der Waals surface area (Å²) < 4.78 is 2.82. The Morgan fingerprint density at radius 3 is 2.84 bits per heavy atom. The quantitative estimate of drug-likeness (QED) is 0.858. The van der Waals surface area contributed by atoms with E-state index in [4.69, 9.17) is 5.73 Å². The van der Waals surface area contributed by atoms with Crippen molar-refractivity contribution in [1.29, 1.82) is 0 Å². The first-order chi connectivity index (χ1) is 9.09. The first-order valence-corrected chi connectivity index (χ1v) is 7.70. The minimum Gasteiger partial charge on any atom is -0.348 e. The molecule has 2 fully saturated rings. The number of nitrogens with zero attached hydrogens (tertiary/aromatic N) is 2. The van der Waals surface area contributed by atoms with Crippen molar-refractivity contribution in [2.45, 2.75) is 50.7 Å². The van der Waals surface area contributed by atoms with Crippen molar-refractivity contribution >= 4 is 21.8 Å². The Morgan fingerprint density at radius 1 is 1.47 bits per heavy atom. The molecular formula is C13H17BrN4O. The summed E-state index contributed by atoms with van der Waals surface area (Å²) in [6, 6.07) is 0.647. The van der Waals surface area contributed by atoms with Crippen LogP contribution in [0.15, 0.2) is 4.47 Å². The molecule has 3 aliphatic rings. The molecule has 102 valence electrons. The van der Waals surface area contributed by atoms with Crippen LogP contribution in [0.3, 0.4) is 0 Å². The molecule has 1 aliphatic heterocycles. The van der Waals surface area contributed by atoms with Crippen molar-refractivity contribution in [2.75, 3.05) is 0 Å². The number of hydrogen-bond donors (Lipinski definition) is 2. The number of rotatable bonds is 2. The number of aromatic nitrogens is 2. The number of amides is 1. The van der Waals surface area contributed by atoms with Crippen LogP contribution in [-0.4, -0.2) is 27.8 Å². The molecule has 0 bridgehead atoms. The minimum absolute atomic E-state index is 0.0529. The molecule has 1 atom stereocenters. The van der Waals surface area contributed by atoms with Crippen molar-refractivity contribution in [2.24, 2.45) is 11.1 Å². The lowest BCUT2D eigenvalue weighted by Crippen LogP contribution is -2.47. The number of nitrogens with one attached hydrogen (secondary N) is 1. The third-order valence-corrected chi connectivity index (χ3v) is 5.72. The number of fused-ring (bicyclic) bond motifs is 1. The molecule has 1 aromatic rings. The topological polar surface area (TPSA) is 72.9 Å². The van der Waals surface area contributed by atoms with Crippen molar-refractivity contribution in [3.05, 3.63) is 15.9 Å². The third kappa shape index (κ3) is 1.69. The summed E-state index contributed by atoms with van der Waals surface area (Å²) in [4.78, 5) is 12.2. The van der Waals surface area contributed by atoms with Crippen molar-refractivity contribution in [3.63, 3.8) is 0 Å². The Balaban J connectivity index is 1.44. The van der Waals surface area contributed by atoms with Crippen molar-refractivity contribution in [3.8, 4) is 0 Å². The van der Waals surface area contributed by atoms with Crippen LogP contribution in [0.4, 0.5) is 0 Å². The van der Waals surface area contributed by atoms with E-state index in [1.54, 1.807) is 0 Å². The van der Waals surface area contributed by atoms with Crippen molar-refractivity contribution in [1.82, 2.24) is 15.1 Å². The summed E-state index contributed by atoms with van der Waals surface area (Å²) in [6.45, 7) is 0.919. The average molecular weight is 325 g/mol. The zero-order chi connectivity index (χ0) is 13.2. The van der Waals surface area contributed by atoms with Gasteiger partial charge in [0.1, 0.15) is 0 Å². The average Bonchev–Trinajstić information content (AvgIpc) is 2.73. The highest BCUT2D eigenvalue weighted by atomic mass is 79.9. The van der Waals surface area contributed by atoms with Gasteiger partial charge in [0.15, 0.2) is 5.69 Å². The lowest BCUT2D eigenvalue weighted by atomic mass is 9.76. The molecule has 19 heavy (non-hydrogen) atoms. The minimum atomic E-state index is -0.0529. The van der Waals surface area contributed by atoms with Gasteiger partial charge in [0.2, 0.25) is 0 Å². The highest BCUT2D eigenvalue weighted by molar-refractivity contribution is 9.10. The molecule has 2 heterocycles. The number of carbonyl (C=O) groups excluding carboxylic acids is 1. The van der Waals surface area contributed by atoms with Crippen LogP contribution < -0.4 is 11.1 Å². The zero-order valence-corrected chi connectivity index (χ0v) is 12.2. The molecular weight excluding hydrogens is 308 g/mol. The summed E-state index contributed by atoms with van der Waals surface area (Å²) >= 11 is 3.51. The van der Waals surface area contributed by atoms with Gasteiger partial charge in [0, 0.05) is 18.6 Å². The van der Waals surface area contributed by atoms with Crippen LogP contribution >= 0.6 is 15.9 Å². The maximum absolute atomic E-state index is 12.2. The fourth-order valence-corrected chi connectivity index (χ4v) is 4.23. The number of nitrogens with two attached hydrogens (primary N) is 1. The molecule has 1 amide bonds. The summed E-state index contributed by atoms with van der Waals surface area (Å²) in [5.74, 6) is -0.0529. The largest absolute Gasteiger partial charge is 0.348 e. The Morgan fingerprint density at radius 2 is 2.21 bits per heavy atom. The molecule has 1 aromatic heterocycles. The standard InChI is InChI=1S/C13H17BrN4O/c14-10-8-2-1-3-18(8)17-11(10)12(19)16-7-4-13(5-7)6-9(13)15/h7,9H,1-6,15H2,(H,16,19). The van der Waals surface area contributed by atoms with E-state index >= 15 is 0 Å². The summed E-state index contributed by atoms with van der Waals surface area (Å²) in [5, 5.41) is 7.48. The monoisotopic (exact) mass is 324 g/mol. The van der Waals surface area contributed by atoms with Gasteiger partial charge in [-0.15, -0.1) is 0 Å². The normalized spacial score (nSPS) is 35.1. The predicted octanol–water partition coefficient (Wildman–Crippen LogP) is 1.20. The first-order valence-electron chi connectivity index (χ1n) is 6.91. The maximum Gasteiger partial charge on any atom is 0.273 e. The van der Waals surface area contributed by atoms with Gasteiger partial charge in [0.05, 0.1) is 10.2 Å². The van der Waals surface area contributed by atoms with Gasteiger partial charge in [0.25, 0.3) is 5.91 Å². The van der Waals surface area contributed by atoms with Crippen LogP contribution in [0.2, 0.25) is 0 Å². The van der Waals surface area contributed by atoms with Gasteiger partial charge < -0.3 is 11.1 Å². The Labute approximate surface area is 120 Å². The van der Waals surface area contributed by atoms with E-state index in [-0.39, 0.29) is 11.9 Å². The Bertz CT molecular complexity index is 561. The van der Waals surface area contributed by atoms with Gasteiger partial charge in [-0.2, -0.15) is 5.10 Å². The second kappa shape index (κ2) is 3.82. The van der Waals surface area contributed by atoms with Crippen LogP contribution in [0, 0.1) is 5.41 Å². The van der Waals surface area contributed by atoms with Gasteiger partial charge >= 0.3 is 0 Å². The van der Waals surface area contributed by atoms with Gasteiger partial charge in [-0.05, 0) is 53.4 Å². The Hall–Kier alpha value is -0.880. The number of halogens is 1. The summed E-state index contributed by atoms with van der Waals surface area (Å²) in [5.41, 5.74) is 7.96. The molecule has 3 N–H and O–H groups in total. The molecule has 2 aliphatic carbocycles. The van der Waals surface area contributed by atoms with Crippen LogP contribution in [0.25, 0.3) is 0 Å². The second-order valence-corrected chi connectivity index (χ2v) is 6.98. The van der Waals surface area contributed by atoms with E-state index in [1.807, 2.05) is 4.68 Å². The lowest BCUT2D eigenvalue weighted by molar-refractivity contribution is 0.0867. The first kappa shape index (κ1) is 11.9. The summed E-state index contributed by atoms with van der Waals surface area (Å²) in [6.07, 6.45) is 5.31. The maximum atomic E-state index is 12.2. The molecule has 0 saturated heterocycles. The molecule has 2 saturated carbocycles. The summed E-state index contributed by atoms with van der Waals surface area (Å²) in [7, 11) is 0. The molecule has 1 spiro atoms. The van der Waals surface area contributed by atoms with E-state index in [9.17, 15) is 4.79 Å². The molecule has 5 nitrogen and oxygen atoms in total. The smallest absolute Gasteiger partial charge is 0.273 e. The SMILES string of the molecule is NC1CC12CC(NC(=O)c1nn3c(c1Br)CCC3)C2. The number of carbonyl (C=O) groups is 1. The van der Waals surface area contributed by atoms with E-state index < -0.39 is 0 Å². The van der Waals surface area contributed by atoms with E-state index in [0.29, 0.717) is 17.2 Å². The van der Waals surface area contributed by atoms with Gasteiger partial charge in [-0.1, -0.05) is 0 Å². The molecule has 0 aromatic carbocycles. The molecule has 4 rings (SSSR count). The fourth-order valence-electron chi connectivity index (χ4n) is 3.57. The molecule has 6 heteroatoms. The zero-order valence-electron chi connectivity index (χ0n) is 10.7. The molecule has 0 radical (unpaired) electrons. The van der Waals surface area contributed by atoms with Gasteiger partial charge in [-0.25, -0.2) is 0 Å². The van der Waals surface area contributed by atoms with Crippen LogP contribution in [0.5, 0.6) is 0 Å². The van der Waals surface area contributed by atoms with Gasteiger partial charge in [-0.3, -0.25) is 9.48 Å². The van der Waals surface area contributed by atoms with Crippen molar-refractivity contribution < 1.29 is 4.79 Å². The number of aryl methyl sites for hydroxylation is 1. The van der Waals surface area contributed by atoms with E-state index in [0.717, 1.165) is 48.8 Å². The highest BCUT2D eigenvalue weighted by Gasteiger charge is 2.60. The predicted molar refractivity (Wildman–Crippen MR) is 73.8 cm³/mol. The second-order valence-electron chi connectivity index (χ2n) is 6.19. The Kier molecular flexibility index (Phi) is 2.39. The highest BCUT2D eigenvalue weighted by Crippen LogP contribution is 2.59. The number of hydrogen-bond acceptors (Lipinski definition) is 3.